The third-order valence-corrected chi connectivity index (χ3v) is 2.83. The highest BCUT2D eigenvalue weighted by Crippen LogP contribution is 2.10. The van der Waals surface area contributed by atoms with Crippen LogP contribution in [0.3, 0.4) is 0 Å². The number of amides is 1. The van der Waals surface area contributed by atoms with Gasteiger partial charge in [0, 0.05) is 19.1 Å². The van der Waals surface area contributed by atoms with Crippen molar-refractivity contribution in [3.63, 3.8) is 0 Å². The Bertz CT molecular complexity index is 206. The van der Waals surface area contributed by atoms with E-state index in [4.69, 9.17) is 9.47 Å². The van der Waals surface area contributed by atoms with Crippen LogP contribution in [-0.4, -0.2) is 52.0 Å². The van der Waals surface area contributed by atoms with Crippen LogP contribution in [0, 0.1) is 5.92 Å². The maximum Gasteiger partial charge on any atom is 0.223 e. The molecule has 2 N–H and O–H groups in total. The Morgan fingerprint density at radius 3 is 2.65 bits per heavy atom. The average Bonchev–Trinajstić information content (AvgIpc) is 2.38. The van der Waals surface area contributed by atoms with Crippen LogP contribution < -0.4 is 10.6 Å². The normalized spacial score (nSPS) is 17.0. The van der Waals surface area contributed by atoms with Crippen LogP contribution in [0.4, 0.5) is 0 Å². The number of hydrogen-bond donors (Lipinski definition) is 2. The van der Waals surface area contributed by atoms with Crippen molar-refractivity contribution < 1.29 is 14.3 Å². The Labute approximate surface area is 103 Å². The molecule has 100 valence electrons. The fourth-order valence-electron chi connectivity index (χ4n) is 1.84. The lowest BCUT2D eigenvalue weighted by molar-refractivity contribution is -0.126. The van der Waals surface area contributed by atoms with Gasteiger partial charge < -0.3 is 20.1 Å². The van der Waals surface area contributed by atoms with Gasteiger partial charge in [0.25, 0.3) is 0 Å². The maximum atomic E-state index is 11.7. The van der Waals surface area contributed by atoms with Crippen molar-refractivity contribution in [2.45, 2.75) is 19.8 Å². The molecule has 0 atom stereocenters. The molecule has 1 rings (SSSR count). The third-order valence-electron chi connectivity index (χ3n) is 2.83. The molecular formula is C12H24N2O3. The largest absolute Gasteiger partial charge is 0.379 e. The molecular weight excluding hydrogens is 220 g/mol. The fourth-order valence-corrected chi connectivity index (χ4v) is 1.84. The molecule has 0 bridgehead atoms. The first-order chi connectivity index (χ1) is 8.34. The monoisotopic (exact) mass is 244 g/mol. The molecule has 5 heteroatoms. The molecule has 0 aliphatic carbocycles. The molecule has 5 nitrogen and oxygen atoms in total. The van der Waals surface area contributed by atoms with Crippen molar-refractivity contribution in [1.29, 1.82) is 0 Å². The van der Waals surface area contributed by atoms with Crippen molar-refractivity contribution in [3.8, 4) is 0 Å². The molecule has 1 aliphatic heterocycles. The number of rotatable bonds is 8. The SMILES string of the molecule is CCOCCOCCNC(=O)C1CCNCC1. The summed E-state index contributed by atoms with van der Waals surface area (Å²) in [4.78, 5) is 11.7. The molecule has 0 radical (unpaired) electrons. The minimum Gasteiger partial charge on any atom is -0.379 e. The van der Waals surface area contributed by atoms with Crippen molar-refractivity contribution in [3.05, 3.63) is 0 Å². The number of piperidine rings is 1. The van der Waals surface area contributed by atoms with Crippen molar-refractivity contribution in [1.82, 2.24) is 10.6 Å². The molecule has 0 aromatic carbocycles. The first kappa shape index (κ1) is 14.4. The second kappa shape index (κ2) is 9.39. The van der Waals surface area contributed by atoms with E-state index in [0.29, 0.717) is 26.4 Å². The van der Waals surface area contributed by atoms with Gasteiger partial charge in [0.2, 0.25) is 5.91 Å². The summed E-state index contributed by atoms with van der Waals surface area (Å²) in [6.07, 6.45) is 1.88. The van der Waals surface area contributed by atoms with Gasteiger partial charge in [-0.3, -0.25) is 4.79 Å². The van der Waals surface area contributed by atoms with Gasteiger partial charge in [-0.25, -0.2) is 0 Å². The molecule has 17 heavy (non-hydrogen) atoms. The Morgan fingerprint density at radius 2 is 1.94 bits per heavy atom. The highest BCUT2D eigenvalue weighted by Gasteiger charge is 2.19. The van der Waals surface area contributed by atoms with Crippen LogP contribution in [0.1, 0.15) is 19.8 Å². The predicted molar refractivity (Wildman–Crippen MR) is 65.9 cm³/mol. The summed E-state index contributed by atoms with van der Waals surface area (Å²) in [6, 6.07) is 0. The molecule has 1 fully saturated rings. The molecule has 1 amide bonds. The van der Waals surface area contributed by atoms with Crippen LogP contribution >= 0.6 is 0 Å². The zero-order valence-electron chi connectivity index (χ0n) is 10.7. The van der Waals surface area contributed by atoms with E-state index in [1.807, 2.05) is 6.92 Å². The number of nitrogens with one attached hydrogen (secondary N) is 2. The third kappa shape index (κ3) is 6.61. The standard InChI is InChI=1S/C12H24N2O3/c1-2-16-9-10-17-8-7-14-12(15)11-3-5-13-6-4-11/h11,13H,2-10H2,1H3,(H,14,15). The topological polar surface area (TPSA) is 59.6 Å². The van der Waals surface area contributed by atoms with E-state index in [1.54, 1.807) is 0 Å². The van der Waals surface area contributed by atoms with Crippen molar-refractivity contribution in [2.24, 2.45) is 5.92 Å². The highest BCUT2D eigenvalue weighted by atomic mass is 16.5. The van der Waals surface area contributed by atoms with E-state index >= 15 is 0 Å². The van der Waals surface area contributed by atoms with Crippen LogP contribution in [0.15, 0.2) is 0 Å². The lowest BCUT2D eigenvalue weighted by atomic mass is 9.97. The predicted octanol–water partition coefficient (Wildman–Crippen LogP) is 0.155. The van der Waals surface area contributed by atoms with Crippen LogP contribution in [0.25, 0.3) is 0 Å². The Morgan fingerprint density at radius 1 is 1.24 bits per heavy atom. The number of carbonyl (C=O) groups excluding carboxylic acids is 1. The molecule has 0 aromatic heterocycles. The number of carbonyl (C=O) groups is 1. The molecule has 0 spiro atoms. The van der Waals surface area contributed by atoms with Gasteiger partial charge in [-0.1, -0.05) is 0 Å². The second-order valence-corrected chi connectivity index (χ2v) is 4.12. The minimum atomic E-state index is 0.167. The Hall–Kier alpha value is -0.650. The quantitative estimate of drug-likeness (QED) is 0.597. The van der Waals surface area contributed by atoms with Gasteiger partial charge in [0.05, 0.1) is 19.8 Å². The molecule has 1 saturated heterocycles. The van der Waals surface area contributed by atoms with Crippen LogP contribution in [0.2, 0.25) is 0 Å². The minimum absolute atomic E-state index is 0.167. The lowest BCUT2D eigenvalue weighted by Crippen LogP contribution is -2.39. The van der Waals surface area contributed by atoms with E-state index < -0.39 is 0 Å². The van der Waals surface area contributed by atoms with Gasteiger partial charge >= 0.3 is 0 Å². The van der Waals surface area contributed by atoms with Gasteiger partial charge in [-0.05, 0) is 32.9 Å². The first-order valence-corrected chi connectivity index (χ1v) is 6.48. The van der Waals surface area contributed by atoms with E-state index in [-0.39, 0.29) is 11.8 Å². The summed E-state index contributed by atoms with van der Waals surface area (Å²) in [5.41, 5.74) is 0. The molecule has 0 aromatic rings. The van der Waals surface area contributed by atoms with Gasteiger partial charge in [-0.15, -0.1) is 0 Å². The smallest absolute Gasteiger partial charge is 0.223 e. The summed E-state index contributed by atoms with van der Waals surface area (Å²) >= 11 is 0. The van der Waals surface area contributed by atoms with E-state index in [9.17, 15) is 4.79 Å². The highest BCUT2D eigenvalue weighted by molar-refractivity contribution is 5.78. The molecule has 1 aliphatic rings. The van der Waals surface area contributed by atoms with Gasteiger partial charge in [0.15, 0.2) is 0 Å². The van der Waals surface area contributed by atoms with Gasteiger partial charge in [0.1, 0.15) is 0 Å². The average molecular weight is 244 g/mol. The summed E-state index contributed by atoms with van der Waals surface area (Å²) in [5.74, 6) is 0.347. The zero-order chi connectivity index (χ0) is 12.3. The van der Waals surface area contributed by atoms with Crippen molar-refractivity contribution in [2.75, 3.05) is 46.1 Å². The van der Waals surface area contributed by atoms with Crippen LogP contribution in [0.5, 0.6) is 0 Å². The zero-order valence-corrected chi connectivity index (χ0v) is 10.7. The van der Waals surface area contributed by atoms with Gasteiger partial charge in [-0.2, -0.15) is 0 Å². The van der Waals surface area contributed by atoms with Crippen LogP contribution in [-0.2, 0) is 14.3 Å². The molecule has 0 saturated carbocycles. The maximum absolute atomic E-state index is 11.7. The fraction of sp³-hybridized carbons (Fsp3) is 0.917. The first-order valence-electron chi connectivity index (χ1n) is 6.48. The summed E-state index contributed by atoms with van der Waals surface area (Å²) in [7, 11) is 0. The Balaban J connectivity index is 1.92. The summed E-state index contributed by atoms with van der Waals surface area (Å²) in [6.45, 7) is 6.94. The molecule has 0 unspecified atom stereocenters. The number of ether oxygens (including phenoxy) is 2. The Kier molecular flexibility index (Phi) is 7.96. The summed E-state index contributed by atoms with van der Waals surface area (Å²) < 4.78 is 10.5. The second-order valence-electron chi connectivity index (χ2n) is 4.12. The summed E-state index contributed by atoms with van der Waals surface area (Å²) in [5, 5.41) is 6.16. The van der Waals surface area contributed by atoms with E-state index in [0.717, 1.165) is 32.5 Å². The van der Waals surface area contributed by atoms with Crippen molar-refractivity contribution >= 4 is 5.91 Å². The van der Waals surface area contributed by atoms with E-state index in [1.165, 1.54) is 0 Å². The molecule has 1 heterocycles. The lowest BCUT2D eigenvalue weighted by Gasteiger charge is -2.21. The van der Waals surface area contributed by atoms with E-state index in [2.05, 4.69) is 10.6 Å². The number of hydrogen-bond acceptors (Lipinski definition) is 4.